The molecule has 0 saturated heterocycles. The Bertz CT molecular complexity index is 372. The molecule has 0 aliphatic rings. The van der Waals surface area contributed by atoms with Gasteiger partial charge >= 0.3 is 5.97 Å². The molecule has 0 unspecified atom stereocenters. The van der Waals surface area contributed by atoms with Crippen molar-refractivity contribution >= 4 is 11.7 Å². The number of nitrogens with zero attached hydrogens (tertiary/aromatic N) is 2. The lowest BCUT2D eigenvalue weighted by Gasteiger charge is -2.05. The van der Waals surface area contributed by atoms with Crippen LogP contribution in [-0.4, -0.2) is 22.9 Å². The molecular formula is C11H19N3O2. The molecule has 0 atom stereocenters. The predicted molar refractivity (Wildman–Crippen MR) is 62.0 cm³/mol. The number of anilines is 1. The van der Waals surface area contributed by atoms with Gasteiger partial charge in [0.1, 0.15) is 0 Å². The van der Waals surface area contributed by atoms with E-state index in [4.69, 9.17) is 5.73 Å². The fraction of sp³-hybridized carbons (Fsp3) is 0.636. The summed E-state index contributed by atoms with van der Waals surface area (Å²) in [5, 5.41) is 4.39. The van der Waals surface area contributed by atoms with Gasteiger partial charge in [-0.3, -0.25) is 9.48 Å². The Kier molecular flexibility index (Phi) is 4.34. The first-order chi connectivity index (χ1) is 7.63. The van der Waals surface area contributed by atoms with Gasteiger partial charge in [0.15, 0.2) is 0 Å². The van der Waals surface area contributed by atoms with E-state index in [0.717, 1.165) is 29.9 Å². The Labute approximate surface area is 95.6 Å². The van der Waals surface area contributed by atoms with E-state index in [1.54, 1.807) is 0 Å². The van der Waals surface area contributed by atoms with Crippen LogP contribution in [0.4, 0.5) is 5.69 Å². The number of aromatic nitrogens is 2. The van der Waals surface area contributed by atoms with Gasteiger partial charge in [0.25, 0.3) is 0 Å². The zero-order chi connectivity index (χ0) is 12.1. The monoisotopic (exact) mass is 225 g/mol. The smallest absolute Gasteiger partial charge is 0.307 e. The number of esters is 1. The molecule has 16 heavy (non-hydrogen) atoms. The highest BCUT2D eigenvalue weighted by atomic mass is 16.5. The maximum Gasteiger partial charge on any atom is 0.307 e. The van der Waals surface area contributed by atoms with E-state index in [-0.39, 0.29) is 5.97 Å². The first kappa shape index (κ1) is 12.5. The molecule has 5 nitrogen and oxygen atoms in total. The maximum atomic E-state index is 11.1. The summed E-state index contributed by atoms with van der Waals surface area (Å²) in [6, 6.07) is 0. The van der Waals surface area contributed by atoms with Gasteiger partial charge in [-0.05, 0) is 12.8 Å². The van der Waals surface area contributed by atoms with Gasteiger partial charge in [-0.25, -0.2) is 0 Å². The van der Waals surface area contributed by atoms with Crippen molar-refractivity contribution in [3.05, 3.63) is 11.4 Å². The topological polar surface area (TPSA) is 70.1 Å². The number of rotatable bonds is 5. The average molecular weight is 225 g/mol. The van der Waals surface area contributed by atoms with E-state index >= 15 is 0 Å². The minimum absolute atomic E-state index is 0.228. The molecule has 0 fully saturated rings. The molecule has 2 N–H and O–H groups in total. The molecule has 1 aromatic rings. The molecule has 0 amide bonds. The fourth-order valence-corrected chi connectivity index (χ4v) is 1.68. The Balaban J connectivity index is 2.82. The highest BCUT2D eigenvalue weighted by molar-refractivity contribution is 5.69. The number of carbonyl (C=O) groups excluding carboxylic acids is 1. The molecule has 1 rings (SSSR count). The predicted octanol–water partition coefficient (Wildman–Crippen LogP) is 1.15. The van der Waals surface area contributed by atoms with Crippen LogP contribution in [0.5, 0.6) is 0 Å². The van der Waals surface area contributed by atoms with Crippen molar-refractivity contribution in [1.29, 1.82) is 0 Å². The van der Waals surface area contributed by atoms with E-state index in [1.165, 1.54) is 7.11 Å². The molecule has 1 heterocycles. The first-order valence-electron chi connectivity index (χ1n) is 5.54. The lowest BCUT2D eigenvalue weighted by Crippen LogP contribution is -2.10. The number of carbonyl (C=O) groups is 1. The molecule has 5 heteroatoms. The van der Waals surface area contributed by atoms with Crippen molar-refractivity contribution in [1.82, 2.24) is 9.78 Å². The molecule has 0 aliphatic carbocycles. The van der Waals surface area contributed by atoms with Crippen molar-refractivity contribution in [2.24, 2.45) is 0 Å². The van der Waals surface area contributed by atoms with Crippen LogP contribution in [0.25, 0.3) is 0 Å². The van der Waals surface area contributed by atoms with Crippen LogP contribution in [0.2, 0.25) is 0 Å². The van der Waals surface area contributed by atoms with Crippen LogP contribution in [0, 0.1) is 0 Å². The van der Waals surface area contributed by atoms with Crippen LogP contribution in [0.3, 0.4) is 0 Å². The summed E-state index contributed by atoms with van der Waals surface area (Å²) in [5.41, 5.74) is 8.63. The number of ether oxygens (including phenoxy) is 1. The molecule has 0 aliphatic heterocycles. The molecule has 0 saturated carbocycles. The third-order valence-electron chi connectivity index (χ3n) is 2.60. The van der Waals surface area contributed by atoms with Crippen LogP contribution < -0.4 is 5.73 Å². The van der Waals surface area contributed by atoms with Gasteiger partial charge < -0.3 is 10.5 Å². The fourth-order valence-electron chi connectivity index (χ4n) is 1.68. The average Bonchev–Trinajstić information content (AvgIpc) is 2.61. The lowest BCUT2D eigenvalue weighted by molar-refractivity contribution is -0.140. The summed E-state index contributed by atoms with van der Waals surface area (Å²) in [4.78, 5) is 11.1. The number of nitrogen functional groups attached to an aromatic ring is 1. The van der Waals surface area contributed by atoms with Crippen molar-refractivity contribution in [3.8, 4) is 0 Å². The van der Waals surface area contributed by atoms with Crippen molar-refractivity contribution in [3.63, 3.8) is 0 Å². The second-order valence-electron chi connectivity index (χ2n) is 3.56. The number of methoxy groups -OCH3 is 1. The Morgan fingerprint density at radius 2 is 2.12 bits per heavy atom. The first-order valence-corrected chi connectivity index (χ1v) is 5.54. The van der Waals surface area contributed by atoms with Gasteiger partial charge in [-0.1, -0.05) is 13.8 Å². The second-order valence-corrected chi connectivity index (χ2v) is 3.56. The Morgan fingerprint density at radius 1 is 1.44 bits per heavy atom. The van der Waals surface area contributed by atoms with Crippen molar-refractivity contribution < 1.29 is 9.53 Å². The lowest BCUT2D eigenvalue weighted by atomic mass is 10.2. The highest BCUT2D eigenvalue weighted by Gasteiger charge is 2.13. The van der Waals surface area contributed by atoms with Crippen LogP contribution >= 0.6 is 0 Å². The van der Waals surface area contributed by atoms with E-state index in [1.807, 2.05) is 18.5 Å². The summed E-state index contributed by atoms with van der Waals surface area (Å²) < 4.78 is 6.41. The Hall–Kier alpha value is -1.52. The molecule has 1 aromatic heterocycles. The van der Waals surface area contributed by atoms with Crippen molar-refractivity contribution in [2.45, 2.75) is 39.7 Å². The van der Waals surface area contributed by atoms with Crippen LogP contribution in [0.15, 0.2) is 0 Å². The summed E-state index contributed by atoms with van der Waals surface area (Å²) in [6.07, 6.45) is 1.96. The van der Waals surface area contributed by atoms with Gasteiger partial charge in [-0.2, -0.15) is 5.10 Å². The normalized spacial score (nSPS) is 10.4. The van der Waals surface area contributed by atoms with Crippen LogP contribution in [0.1, 0.15) is 31.7 Å². The zero-order valence-electron chi connectivity index (χ0n) is 10.1. The molecule has 90 valence electrons. The molecular weight excluding hydrogens is 206 g/mol. The molecule has 0 aromatic carbocycles. The zero-order valence-corrected chi connectivity index (χ0v) is 10.1. The number of hydrogen-bond donors (Lipinski definition) is 1. The van der Waals surface area contributed by atoms with Gasteiger partial charge in [0, 0.05) is 0 Å². The van der Waals surface area contributed by atoms with Gasteiger partial charge in [-0.15, -0.1) is 0 Å². The molecule has 0 spiro atoms. The largest absolute Gasteiger partial charge is 0.469 e. The van der Waals surface area contributed by atoms with E-state index in [0.29, 0.717) is 13.0 Å². The third-order valence-corrected chi connectivity index (χ3v) is 2.60. The third kappa shape index (κ3) is 2.53. The number of nitrogens with two attached hydrogens (primary N) is 1. The van der Waals surface area contributed by atoms with Gasteiger partial charge in [0.05, 0.1) is 37.2 Å². The number of hydrogen-bond acceptors (Lipinski definition) is 4. The van der Waals surface area contributed by atoms with Gasteiger partial charge in [0.2, 0.25) is 0 Å². The number of aryl methyl sites for hydroxylation is 2. The van der Waals surface area contributed by atoms with Crippen LogP contribution in [-0.2, 0) is 28.9 Å². The van der Waals surface area contributed by atoms with Crippen molar-refractivity contribution in [2.75, 3.05) is 12.8 Å². The highest BCUT2D eigenvalue weighted by Crippen LogP contribution is 2.18. The standard InChI is InChI=1S/C11H19N3O2/c1-4-8-11(12)9(5-2)14(13-8)7-6-10(15)16-3/h4-7,12H2,1-3H3. The van der Waals surface area contributed by atoms with E-state index in [2.05, 4.69) is 9.84 Å². The molecule has 0 radical (unpaired) electrons. The summed E-state index contributed by atoms with van der Waals surface area (Å²) in [6.45, 7) is 4.57. The maximum absolute atomic E-state index is 11.1. The minimum Gasteiger partial charge on any atom is -0.469 e. The minimum atomic E-state index is -0.228. The SMILES string of the molecule is CCc1nn(CCC(=O)OC)c(CC)c1N. The van der Waals surface area contributed by atoms with E-state index in [9.17, 15) is 4.79 Å². The van der Waals surface area contributed by atoms with E-state index < -0.39 is 0 Å². The quantitative estimate of drug-likeness (QED) is 0.763. The summed E-state index contributed by atoms with van der Waals surface area (Å²) in [7, 11) is 1.39. The summed E-state index contributed by atoms with van der Waals surface area (Å²) in [5.74, 6) is -0.228. The second kappa shape index (κ2) is 5.53. The Morgan fingerprint density at radius 3 is 2.62 bits per heavy atom. The molecule has 0 bridgehead atoms. The summed E-state index contributed by atoms with van der Waals surface area (Å²) >= 11 is 0.